The van der Waals surface area contributed by atoms with Gasteiger partial charge in [-0.25, -0.2) is 4.98 Å². The molecule has 1 aliphatic rings. The summed E-state index contributed by atoms with van der Waals surface area (Å²) in [5.74, 6) is 0. The highest BCUT2D eigenvalue weighted by molar-refractivity contribution is 7.99. The average molecular weight is 278 g/mol. The van der Waals surface area contributed by atoms with E-state index in [1.807, 2.05) is 24.0 Å². The number of aromatic nitrogens is 1. The number of hydrogen-bond acceptors (Lipinski definition) is 3. The van der Waals surface area contributed by atoms with Crippen LogP contribution < -0.4 is 5.32 Å². The lowest BCUT2D eigenvalue weighted by atomic mass is 10.0. The first kappa shape index (κ1) is 14.9. The van der Waals surface area contributed by atoms with E-state index < -0.39 is 0 Å². The van der Waals surface area contributed by atoms with Crippen molar-refractivity contribution in [2.75, 3.05) is 0 Å². The summed E-state index contributed by atoms with van der Waals surface area (Å²) < 4.78 is 0. The van der Waals surface area contributed by atoms with E-state index in [1.165, 1.54) is 42.7 Å². The van der Waals surface area contributed by atoms with E-state index in [9.17, 15) is 0 Å². The van der Waals surface area contributed by atoms with E-state index in [0.29, 0.717) is 0 Å². The zero-order chi connectivity index (χ0) is 13.7. The van der Waals surface area contributed by atoms with Gasteiger partial charge in [-0.05, 0) is 45.2 Å². The molecule has 1 aliphatic carbocycles. The fraction of sp³-hybridized carbons (Fsp3) is 0.688. The van der Waals surface area contributed by atoms with Crippen molar-refractivity contribution in [1.29, 1.82) is 0 Å². The van der Waals surface area contributed by atoms with Gasteiger partial charge in [0.15, 0.2) is 0 Å². The van der Waals surface area contributed by atoms with E-state index >= 15 is 0 Å². The van der Waals surface area contributed by atoms with Crippen molar-refractivity contribution in [3.63, 3.8) is 0 Å². The first-order valence-electron chi connectivity index (χ1n) is 7.40. The highest BCUT2D eigenvalue weighted by atomic mass is 32.2. The summed E-state index contributed by atoms with van der Waals surface area (Å²) >= 11 is 1.99. The van der Waals surface area contributed by atoms with E-state index in [2.05, 4.69) is 37.1 Å². The topological polar surface area (TPSA) is 24.9 Å². The molecule has 0 atom stereocenters. The van der Waals surface area contributed by atoms with Crippen LogP contribution in [0.1, 0.15) is 58.4 Å². The van der Waals surface area contributed by atoms with Crippen LogP contribution in [0.4, 0.5) is 0 Å². The average Bonchev–Trinajstić information content (AvgIpc) is 2.38. The quantitative estimate of drug-likeness (QED) is 0.884. The van der Waals surface area contributed by atoms with E-state index in [0.717, 1.165) is 11.8 Å². The van der Waals surface area contributed by atoms with Crippen LogP contribution in [0.2, 0.25) is 0 Å². The van der Waals surface area contributed by atoms with Gasteiger partial charge in [0.1, 0.15) is 5.03 Å². The normalized spacial score (nSPS) is 17.6. The van der Waals surface area contributed by atoms with Gasteiger partial charge in [0.05, 0.1) is 0 Å². The van der Waals surface area contributed by atoms with Crippen molar-refractivity contribution in [1.82, 2.24) is 10.3 Å². The zero-order valence-corrected chi connectivity index (χ0v) is 13.2. The Kier molecular flexibility index (Phi) is 5.28. The molecule has 19 heavy (non-hydrogen) atoms. The van der Waals surface area contributed by atoms with Crippen LogP contribution in [0.5, 0.6) is 0 Å². The highest BCUT2D eigenvalue weighted by Crippen LogP contribution is 2.34. The third kappa shape index (κ3) is 5.15. The maximum absolute atomic E-state index is 4.60. The number of pyridine rings is 1. The fourth-order valence-corrected chi connectivity index (χ4v) is 3.66. The molecule has 0 spiro atoms. The fourth-order valence-electron chi connectivity index (χ4n) is 2.37. The Morgan fingerprint density at radius 2 is 2.00 bits per heavy atom. The Balaban J connectivity index is 1.99. The molecular formula is C16H26N2S. The second-order valence-corrected chi connectivity index (χ2v) is 7.74. The molecule has 0 aromatic carbocycles. The summed E-state index contributed by atoms with van der Waals surface area (Å²) in [5, 5.41) is 5.57. The molecule has 1 saturated carbocycles. The third-order valence-corrected chi connectivity index (χ3v) is 4.89. The molecular weight excluding hydrogens is 252 g/mol. The predicted molar refractivity (Wildman–Crippen MR) is 83.6 cm³/mol. The second kappa shape index (κ2) is 6.76. The molecule has 106 valence electrons. The molecule has 0 saturated heterocycles. The van der Waals surface area contributed by atoms with Gasteiger partial charge in [-0.1, -0.05) is 25.3 Å². The minimum absolute atomic E-state index is 0.155. The van der Waals surface area contributed by atoms with Crippen molar-refractivity contribution in [3.05, 3.63) is 23.9 Å². The number of rotatable bonds is 4. The van der Waals surface area contributed by atoms with Gasteiger partial charge in [0, 0.05) is 23.5 Å². The highest BCUT2D eigenvalue weighted by Gasteiger charge is 2.17. The number of nitrogens with one attached hydrogen (secondary N) is 1. The standard InChI is InChI=1S/C16H26N2S/c1-16(2,3)18-12-13-8-7-11-17-15(13)19-14-9-5-4-6-10-14/h7-8,11,14,18H,4-6,9-10,12H2,1-3H3. The van der Waals surface area contributed by atoms with Crippen LogP contribution in [-0.2, 0) is 6.54 Å². The number of thioether (sulfide) groups is 1. The van der Waals surface area contributed by atoms with Crippen molar-refractivity contribution >= 4 is 11.8 Å². The first-order valence-corrected chi connectivity index (χ1v) is 8.28. The van der Waals surface area contributed by atoms with Crippen molar-refractivity contribution < 1.29 is 0 Å². The maximum Gasteiger partial charge on any atom is 0.101 e. The Labute approximate surface area is 121 Å². The van der Waals surface area contributed by atoms with E-state index in [4.69, 9.17) is 0 Å². The lowest BCUT2D eigenvalue weighted by molar-refractivity contribution is 0.422. The van der Waals surface area contributed by atoms with Crippen LogP contribution in [0.15, 0.2) is 23.4 Å². The van der Waals surface area contributed by atoms with Gasteiger partial charge >= 0.3 is 0 Å². The molecule has 0 aliphatic heterocycles. The smallest absolute Gasteiger partial charge is 0.101 e. The summed E-state index contributed by atoms with van der Waals surface area (Å²) in [4.78, 5) is 4.60. The van der Waals surface area contributed by atoms with Crippen LogP contribution in [0, 0.1) is 0 Å². The molecule has 0 radical (unpaired) electrons. The summed E-state index contributed by atoms with van der Waals surface area (Å²) in [6.07, 6.45) is 8.82. The molecule has 0 amide bonds. The molecule has 3 heteroatoms. The molecule has 2 nitrogen and oxygen atoms in total. The SMILES string of the molecule is CC(C)(C)NCc1cccnc1SC1CCCCC1. The van der Waals surface area contributed by atoms with Gasteiger partial charge < -0.3 is 5.32 Å². The summed E-state index contributed by atoms with van der Waals surface area (Å²) in [6, 6.07) is 4.25. The van der Waals surface area contributed by atoms with Crippen molar-refractivity contribution in [2.24, 2.45) is 0 Å². The summed E-state index contributed by atoms with van der Waals surface area (Å²) in [6.45, 7) is 7.53. The molecule has 1 fully saturated rings. The van der Waals surface area contributed by atoms with Gasteiger partial charge in [-0.2, -0.15) is 0 Å². The largest absolute Gasteiger partial charge is 0.308 e. The molecule has 1 aromatic rings. The van der Waals surface area contributed by atoms with Crippen LogP contribution >= 0.6 is 11.8 Å². The van der Waals surface area contributed by atoms with Crippen LogP contribution in [-0.4, -0.2) is 15.8 Å². The van der Waals surface area contributed by atoms with Crippen molar-refractivity contribution in [2.45, 2.75) is 75.2 Å². The molecule has 1 aromatic heterocycles. The molecule has 1 heterocycles. The summed E-state index contributed by atoms with van der Waals surface area (Å²) in [7, 11) is 0. The molecule has 0 unspecified atom stereocenters. The maximum atomic E-state index is 4.60. The van der Waals surface area contributed by atoms with Gasteiger partial charge in [-0.3, -0.25) is 0 Å². The van der Waals surface area contributed by atoms with Gasteiger partial charge in [-0.15, -0.1) is 11.8 Å². The van der Waals surface area contributed by atoms with Crippen LogP contribution in [0.25, 0.3) is 0 Å². The Bertz CT molecular complexity index is 392. The minimum atomic E-state index is 0.155. The van der Waals surface area contributed by atoms with Gasteiger partial charge in [0.2, 0.25) is 0 Å². The minimum Gasteiger partial charge on any atom is -0.308 e. The monoisotopic (exact) mass is 278 g/mol. The first-order chi connectivity index (χ1) is 9.04. The molecule has 1 N–H and O–H groups in total. The van der Waals surface area contributed by atoms with E-state index in [1.54, 1.807) is 0 Å². The lowest BCUT2D eigenvalue weighted by Gasteiger charge is -2.23. The summed E-state index contributed by atoms with van der Waals surface area (Å²) in [5.41, 5.74) is 1.50. The Morgan fingerprint density at radius 3 is 2.68 bits per heavy atom. The van der Waals surface area contributed by atoms with E-state index in [-0.39, 0.29) is 5.54 Å². The molecule has 2 rings (SSSR count). The lowest BCUT2D eigenvalue weighted by Crippen LogP contribution is -2.35. The van der Waals surface area contributed by atoms with Gasteiger partial charge in [0.25, 0.3) is 0 Å². The molecule has 0 bridgehead atoms. The predicted octanol–water partition coefficient (Wildman–Crippen LogP) is 4.39. The third-order valence-electron chi connectivity index (χ3n) is 3.49. The number of hydrogen-bond donors (Lipinski definition) is 1. The second-order valence-electron chi connectivity index (χ2n) is 6.45. The van der Waals surface area contributed by atoms with Crippen LogP contribution in [0.3, 0.4) is 0 Å². The Hall–Kier alpha value is -0.540. The number of nitrogens with zero attached hydrogens (tertiary/aromatic N) is 1. The van der Waals surface area contributed by atoms with Crippen molar-refractivity contribution in [3.8, 4) is 0 Å². The Morgan fingerprint density at radius 1 is 1.26 bits per heavy atom. The zero-order valence-electron chi connectivity index (χ0n) is 12.4.